The van der Waals surface area contributed by atoms with Crippen molar-refractivity contribution in [2.24, 2.45) is 0 Å². The smallest absolute Gasteiger partial charge is 0.161 e. The molecule has 0 saturated carbocycles. The number of nitrogens with one attached hydrogen (secondary N) is 1. The molecule has 2 rings (SSSR count). The average Bonchev–Trinajstić information content (AvgIpc) is 2.54. The summed E-state index contributed by atoms with van der Waals surface area (Å²) in [5.74, 6) is 2.28. The molecule has 0 aliphatic rings. The summed E-state index contributed by atoms with van der Waals surface area (Å²) in [5.41, 5.74) is 3.04. The summed E-state index contributed by atoms with van der Waals surface area (Å²) < 4.78 is 10.7. The first-order chi connectivity index (χ1) is 10.2. The third-order valence-electron chi connectivity index (χ3n) is 3.34. The fraction of sp³-hybridized carbons (Fsp3) is 0.375. The molecule has 112 valence electrons. The lowest BCUT2D eigenvalue weighted by molar-refractivity contribution is 0.355. The SMILES string of the molecule is CCCc1c(NC)ncnc1-c1ccc(OC)c(OC)c1. The maximum Gasteiger partial charge on any atom is 0.161 e. The van der Waals surface area contributed by atoms with Gasteiger partial charge < -0.3 is 14.8 Å². The van der Waals surface area contributed by atoms with Crippen LogP contribution in [-0.4, -0.2) is 31.2 Å². The van der Waals surface area contributed by atoms with Crippen molar-refractivity contribution >= 4 is 5.82 Å². The van der Waals surface area contributed by atoms with Crippen LogP contribution in [0.1, 0.15) is 18.9 Å². The lowest BCUT2D eigenvalue weighted by atomic mass is 10.0. The average molecular weight is 287 g/mol. The Morgan fingerprint density at radius 2 is 1.86 bits per heavy atom. The Morgan fingerprint density at radius 1 is 1.10 bits per heavy atom. The molecule has 21 heavy (non-hydrogen) atoms. The van der Waals surface area contributed by atoms with Crippen molar-refractivity contribution < 1.29 is 9.47 Å². The molecule has 1 N–H and O–H groups in total. The van der Waals surface area contributed by atoms with Crippen LogP contribution < -0.4 is 14.8 Å². The molecule has 0 radical (unpaired) electrons. The zero-order valence-electron chi connectivity index (χ0n) is 12.9. The van der Waals surface area contributed by atoms with E-state index in [1.165, 1.54) is 0 Å². The second-order valence-electron chi connectivity index (χ2n) is 4.62. The van der Waals surface area contributed by atoms with Gasteiger partial charge in [0, 0.05) is 18.2 Å². The maximum absolute atomic E-state index is 5.37. The van der Waals surface area contributed by atoms with Crippen molar-refractivity contribution in [2.75, 3.05) is 26.6 Å². The Kier molecular flexibility index (Phi) is 4.98. The van der Waals surface area contributed by atoms with Gasteiger partial charge in [0.2, 0.25) is 0 Å². The molecule has 0 saturated heterocycles. The first-order valence-electron chi connectivity index (χ1n) is 6.99. The quantitative estimate of drug-likeness (QED) is 0.884. The Hall–Kier alpha value is -2.30. The predicted molar refractivity (Wildman–Crippen MR) is 84.1 cm³/mol. The lowest BCUT2D eigenvalue weighted by Gasteiger charge is -2.14. The molecule has 1 heterocycles. The molecular formula is C16H21N3O2. The van der Waals surface area contributed by atoms with Gasteiger partial charge in [-0.15, -0.1) is 0 Å². The van der Waals surface area contributed by atoms with Gasteiger partial charge in [-0.25, -0.2) is 9.97 Å². The van der Waals surface area contributed by atoms with Gasteiger partial charge in [0.05, 0.1) is 19.9 Å². The first-order valence-corrected chi connectivity index (χ1v) is 6.99. The molecule has 1 aromatic carbocycles. The summed E-state index contributed by atoms with van der Waals surface area (Å²) in [6.07, 6.45) is 3.53. The Labute approximate surface area is 125 Å². The van der Waals surface area contributed by atoms with Crippen molar-refractivity contribution in [2.45, 2.75) is 19.8 Å². The Balaban J connectivity index is 2.55. The van der Waals surface area contributed by atoms with Crippen molar-refractivity contribution in [1.29, 1.82) is 0 Å². The van der Waals surface area contributed by atoms with Gasteiger partial charge in [-0.05, 0) is 24.6 Å². The highest BCUT2D eigenvalue weighted by Gasteiger charge is 2.14. The summed E-state index contributed by atoms with van der Waals surface area (Å²) in [6, 6.07) is 5.83. The van der Waals surface area contributed by atoms with Crippen LogP contribution in [0.5, 0.6) is 11.5 Å². The van der Waals surface area contributed by atoms with E-state index in [1.54, 1.807) is 20.5 Å². The number of rotatable bonds is 6. The number of ether oxygens (including phenoxy) is 2. The highest BCUT2D eigenvalue weighted by molar-refractivity contribution is 5.70. The summed E-state index contributed by atoms with van der Waals surface area (Å²) in [4.78, 5) is 8.76. The standard InChI is InChI=1S/C16H21N3O2/c1-5-6-12-15(18-10-19-16(12)17-2)11-7-8-13(20-3)14(9-11)21-4/h7-10H,5-6H2,1-4H3,(H,17,18,19). The van der Waals surface area contributed by atoms with Gasteiger partial charge in [-0.3, -0.25) is 0 Å². The summed E-state index contributed by atoms with van der Waals surface area (Å²) >= 11 is 0. The van der Waals surface area contributed by atoms with Crippen molar-refractivity contribution in [3.8, 4) is 22.8 Å². The van der Waals surface area contributed by atoms with E-state index in [9.17, 15) is 0 Å². The minimum atomic E-state index is 0.696. The number of aromatic nitrogens is 2. The molecule has 0 fully saturated rings. The maximum atomic E-state index is 5.37. The highest BCUT2D eigenvalue weighted by atomic mass is 16.5. The van der Waals surface area contributed by atoms with E-state index >= 15 is 0 Å². The number of anilines is 1. The van der Waals surface area contributed by atoms with E-state index in [2.05, 4.69) is 22.2 Å². The predicted octanol–water partition coefficient (Wildman–Crippen LogP) is 3.16. The molecule has 0 unspecified atom stereocenters. The second kappa shape index (κ2) is 6.92. The van der Waals surface area contributed by atoms with E-state index in [0.717, 1.165) is 35.5 Å². The Morgan fingerprint density at radius 3 is 2.48 bits per heavy atom. The third kappa shape index (κ3) is 3.07. The second-order valence-corrected chi connectivity index (χ2v) is 4.62. The van der Waals surface area contributed by atoms with Crippen LogP contribution in [0.3, 0.4) is 0 Å². The summed E-state index contributed by atoms with van der Waals surface area (Å²) in [7, 11) is 5.14. The normalized spacial score (nSPS) is 10.3. The monoisotopic (exact) mass is 287 g/mol. The molecule has 5 heteroatoms. The molecule has 2 aromatic rings. The van der Waals surface area contributed by atoms with Gasteiger partial charge in [0.15, 0.2) is 11.5 Å². The number of methoxy groups -OCH3 is 2. The molecule has 0 amide bonds. The fourth-order valence-corrected chi connectivity index (χ4v) is 2.35. The van der Waals surface area contributed by atoms with Crippen LogP contribution in [0.25, 0.3) is 11.3 Å². The molecule has 0 aliphatic heterocycles. The molecule has 0 aliphatic carbocycles. The topological polar surface area (TPSA) is 56.3 Å². The van der Waals surface area contributed by atoms with E-state index in [-0.39, 0.29) is 0 Å². The first kappa shape index (κ1) is 15.1. The van der Waals surface area contributed by atoms with Crippen LogP contribution in [0.4, 0.5) is 5.82 Å². The van der Waals surface area contributed by atoms with Gasteiger partial charge >= 0.3 is 0 Å². The minimum Gasteiger partial charge on any atom is -0.493 e. The number of hydrogen-bond donors (Lipinski definition) is 1. The van der Waals surface area contributed by atoms with Crippen LogP contribution in [-0.2, 0) is 6.42 Å². The molecule has 0 spiro atoms. The van der Waals surface area contributed by atoms with E-state index < -0.39 is 0 Å². The molecule has 0 atom stereocenters. The molecule has 0 bridgehead atoms. The summed E-state index contributed by atoms with van der Waals surface area (Å²) in [6.45, 7) is 2.14. The molecule has 5 nitrogen and oxygen atoms in total. The van der Waals surface area contributed by atoms with E-state index in [1.807, 2.05) is 25.2 Å². The van der Waals surface area contributed by atoms with Crippen LogP contribution >= 0.6 is 0 Å². The van der Waals surface area contributed by atoms with Crippen LogP contribution in [0.2, 0.25) is 0 Å². The van der Waals surface area contributed by atoms with Gasteiger partial charge in [-0.2, -0.15) is 0 Å². The molecule has 1 aromatic heterocycles. The number of hydrogen-bond acceptors (Lipinski definition) is 5. The third-order valence-corrected chi connectivity index (χ3v) is 3.34. The largest absolute Gasteiger partial charge is 0.493 e. The lowest BCUT2D eigenvalue weighted by Crippen LogP contribution is -2.03. The van der Waals surface area contributed by atoms with E-state index in [0.29, 0.717) is 11.5 Å². The molecular weight excluding hydrogens is 266 g/mol. The fourth-order valence-electron chi connectivity index (χ4n) is 2.35. The van der Waals surface area contributed by atoms with Crippen molar-refractivity contribution in [3.63, 3.8) is 0 Å². The van der Waals surface area contributed by atoms with Crippen molar-refractivity contribution in [3.05, 3.63) is 30.1 Å². The van der Waals surface area contributed by atoms with Crippen LogP contribution in [0.15, 0.2) is 24.5 Å². The minimum absolute atomic E-state index is 0.696. The zero-order chi connectivity index (χ0) is 15.2. The van der Waals surface area contributed by atoms with E-state index in [4.69, 9.17) is 9.47 Å². The Bertz CT molecular complexity index is 614. The van der Waals surface area contributed by atoms with Crippen molar-refractivity contribution in [1.82, 2.24) is 9.97 Å². The van der Waals surface area contributed by atoms with Crippen LogP contribution in [0, 0.1) is 0 Å². The van der Waals surface area contributed by atoms with Gasteiger partial charge in [-0.1, -0.05) is 13.3 Å². The zero-order valence-corrected chi connectivity index (χ0v) is 12.9. The number of benzene rings is 1. The van der Waals surface area contributed by atoms with Gasteiger partial charge in [0.25, 0.3) is 0 Å². The summed E-state index contributed by atoms with van der Waals surface area (Å²) in [5, 5.41) is 3.13. The highest BCUT2D eigenvalue weighted by Crippen LogP contribution is 2.34. The number of nitrogens with zero attached hydrogens (tertiary/aromatic N) is 2. The van der Waals surface area contributed by atoms with Gasteiger partial charge in [0.1, 0.15) is 12.1 Å².